The number of amides is 1. The SMILES string of the molecule is CCc1nc(-c2ccc3c(c2)CCC3NC(=O)c2cc(OC)no2)no1. The fourth-order valence-corrected chi connectivity index (χ4v) is 3.11. The third kappa shape index (κ3) is 2.94. The topological polar surface area (TPSA) is 103 Å². The zero-order valence-electron chi connectivity index (χ0n) is 14.5. The van der Waals surface area contributed by atoms with E-state index < -0.39 is 0 Å². The molecular weight excluding hydrogens is 336 g/mol. The van der Waals surface area contributed by atoms with Gasteiger partial charge in [0, 0.05) is 12.0 Å². The molecule has 0 saturated carbocycles. The van der Waals surface area contributed by atoms with Crippen LogP contribution in [0.5, 0.6) is 5.88 Å². The Morgan fingerprint density at radius 3 is 2.92 bits per heavy atom. The van der Waals surface area contributed by atoms with E-state index in [1.807, 2.05) is 19.1 Å². The predicted molar refractivity (Wildman–Crippen MR) is 90.7 cm³/mol. The summed E-state index contributed by atoms with van der Waals surface area (Å²) in [5.41, 5.74) is 3.18. The Morgan fingerprint density at radius 1 is 1.31 bits per heavy atom. The molecule has 26 heavy (non-hydrogen) atoms. The molecule has 0 fully saturated rings. The van der Waals surface area contributed by atoms with E-state index in [0.717, 1.165) is 24.0 Å². The number of methoxy groups -OCH3 is 1. The lowest BCUT2D eigenvalue weighted by Crippen LogP contribution is -2.26. The van der Waals surface area contributed by atoms with Gasteiger partial charge in [-0.3, -0.25) is 4.79 Å². The number of carbonyl (C=O) groups excluding carboxylic acids is 1. The first-order valence-electron chi connectivity index (χ1n) is 8.45. The number of hydrogen-bond donors (Lipinski definition) is 1. The third-order valence-electron chi connectivity index (χ3n) is 4.48. The highest BCUT2D eigenvalue weighted by molar-refractivity contribution is 5.92. The molecule has 1 aliphatic carbocycles. The minimum absolute atomic E-state index is 0.0703. The average molecular weight is 354 g/mol. The smallest absolute Gasteiger partial charge is 0.290 e. The van der Waals surface area contributed by atoms with Crippen molar-refractivity contribution in [2.75, 3.05) is 7.11 Å². The number of aryl methyl sites for hydroxylation is 2. The van der Waals surface area contributed by atoms with Crippen molar-refractivity contribution in [1.29, 1.82) is 0 Å². The van der Waals surface area contributed by atoms with Crippen molar-refractivity contribution in [3.8, 4) is 17.3 Å². The number of rotatable bonds is 5. The first-order chi connectivity index (χ1) is 12.7. The summed E-state index contributed by atoms with van der Waals surface area (Å²) in [6.45, 7) is 1.97. The molecule has 3 aromatic rings. The lowest BCUT2D eigenvalue weighted by molar-refractivity contribution is 0.0899. The summed E-state index contributed by atoms with van der Waals surface area (Å²) >= 11 is 0. The Hall–Kier alpha value is -3.16. The highest BCUT2D eigenvalue weighted by Crippen LogP contribution is 2.34. The van der Waals surface area contributed by atoms with E-state index >= 15 is 0 Å². The van der Waals surface area contributed by atoms with Crippen molar-refractivity contribution in [1.82, 2.24) is 20.6 Å². The van der Waals surface area contributed by atoms with Gasteiger partial charge in [-0.25, -0.2) is 0 Å². The van der Waals surface area contributed by atoms with Crippen molar-refractivity contribution < 1.29 is 18.6 Å². The number of ether oxygens (including phenoxy) is 1. The summed E-state index contributed by atoms with van der Waals surface area (Å²) in [6.07, 6.45) is 2.40. The zero-order chi connectivity index (χ0) is 18.1. The molecule has 0 radical (unpaired) electrons. The van der Waals surface area contributed by atoms with E-state index in [9.17, 15) is 4.79 Å². The molecule has 0 aliphatic heterocycles. The molecule has 134 valence electrons. The first kappa shape index (κ1) is 16.3. The number of hydrogen-bond acceptors (Lipinski definition) is 7. The Balaban J connectivity index is 1.51. The summed E-state index contributed by atoms with van der Waals surface area (Å²) in [7, 11) is 1.47. The van der Waals surface area contributed by atoms with E-state index in [1.165, 1.54) is 18.7 Å². The van der Waals surface area contributed by atoms with Gasteiger partial charge in [-0.15, -0.1) is 0 Å². The molecule has 8 heteroatoms. The molecule has 1 amide bonds. The van der Waals surface area contributed by atoms with E-state index in [-0.39, 0.29) is 23.6 Å². The molecule has 0 spiro atoms. The Morgan fingerprint density at radius 2 is 2.19 bits per heavy atom. The number of carbonyl (C=O) groups is 1. The molecule has 8 nitrogen and oxygen atoms in total. The Kier molecular flexibility index (Phi) is 4.16. The molecule has 0 saturated heterocycles. The van der Waals surface area contributed by atoms with Gasteiger partial charge >= 0.3 is 0 Å². The predicted octanol–water partition coefficient (Wildman–Crippen LogP) is 2.71. The van der Waals surface area contributed by atoms with Crippen LogP contribution in [0.25, 0.3) is 11.4 Å². The molecule has 1 atom stereocenters. The first-order valence-corrected chi connectivity index (χ1v) is 8.45. The van der Waals surface area contributed by atoms with Crippen LogP contribution in [-0.2, 0) is 12.8 Å². The lowest BCUT2D eigenvalue weighted by Gasteiger charge is -2.13. The molecular formula is C18H18N4O4. The maximum Gasteiger partial charge on any atom is 0.290 e. The number of nitrogens with zero attached hydrogens (tertiary/aromatic N) is 3. The fourth-order valence-electron chi connectivity index (χ4n) is 3.11. The van der Waals surface area contributed by atoms with Crippen LogP contribution in [0, 0.1) is 0 Å². The van der Waals surface area contributed by atoms with Crippen LogP contribution in [-0.4, -0.2) is 28.3 Å². The van der Waals surface area contributed by atoms with Gasteiger partial charge in [0.1, 0.15) is 0 Å². The Labute approximate surface area is 149 Å². The summed E-state index contributed by atoms with van der Waals surface area (Å²) < 4.78 is 15.1. The Bertz CT molecular complexity index is 946. The number of aromatic nitrogens is 3. The van der Waals surface area contributed by atoms with Crippen LogP contribution in [0.2, 0.25) is 0 Å². The van der Waals surface area contributed by atoms with Crippen molar-refractivity contribution >= 4 is 5.91 Å². The lowest BCUT2D eigenvalue weighted by atomic mass is 10.0. The van der Waals surface area contributed by atoms with Gasteiger partial charge in [-0.05, 0) is 35.2 Å². The molecule has 2 heterocycles. The standard InChI is InChI=1S/C18H18N4O4/c1-3-15-20-17(22-26-15)11-4-6-12-10(8-11)5-7-13(12)19-18(23)14-9-16(24-2)21-25-14/h4,6,8-9,13H,3,5,7H2,1-2H3,(H,19,23). The summed E-state index contributed by atoms with van der Waals surface area (Å²) in [5.74, 6) is 1.30. The van der Waals surface area contributed by atoms with Crippen molar-refractivity contribution in [3.05, 3.63) is 47.0 Å². The zero-order valence-corrected chi connectivity index (χ0v) is 14.5. The van der Waals surface area contributed by atoms with E-state index in [2.05, 4.69) is 26.7 Å². The van der Waals surface area contributed by atoms with Crippen molar-refractivity contribution in [2.45, 2.75) is 32.2 Å². The molecule has 1 N–H and O–H groups in total. The van der Waals surface area contributed by atoms with Gasteiger partial charge in [-0.1, -0.05) is 24.2 Å². The second kappa shape index (κ2) is 6.62. The maximum atomic E-state index is 12.3. The highest BCUT2D eigenvalue weighted by Gasteiger charge is 2.26. The van der Waals surface area contributed by atoms with Gasteiger partial charge in [0.05, 0.1) is 19.2 Å². The number of nitrogens with one attached hydrogen (secondary N) is 1. The quantitative estimate of drug-likeness (QED) is 0.751. The maximum absolute atomic E-state index is 12.3. The van der Waals surface area contributed by atoms with Gasteiger partial charge in [0.15, 0.2) is 0 Å². The van der Waals surface area contributed by atoms with Gasteiger partial charge in [0.25, 0.3) is 11.8 Å². The van der Waals surface area contributed by atoms with Gasteiger partial charge in [-0.2, -0.15) is 4.98 Å². The largest absolute Gasteiger partial charge is 0.479 e. The second-order valence-corrected chi connectivity index (χ2v) is 6.08. The van der Waals surface area contributed by atoms with Crippen molar-refractivity contribution in [2.24, 2.45) is 0 Å². The normalized spacial score (nSPS) is 15.7. The molecule has 1 unspecified atom stereocenters. The van der Waals surface area contributed by atoms with Gasteiger partial charge in [0.2, 0.25) is 17.5 Å². The third-order valence-corrected chi connectivity index (χ3v) is 4.48. The highest BCUT2D eigenvalue weighted by atomic mass is 16.5. The molecule has 0 bridgehead atoms. The van der Waals surface area contributed by atoms with Crippen LogP contribution < -0.4 is 10.1 Å². The van der Waals surface area contributed by atoms with Gasteiger partial charge < -0.3 is 19.1 Å². The minimum atomic E-state index is -0.312. The molecule has 2 aromatic heterocycles. The average Bonchev–Trinajstić information content (AvgIpc) is 3.40. The van der Waals surface area contributed by atoms with E-state index in [0.29, 0.717) is 18.1 Å². The van der Waals surface area contributed by atoms with Crippen LogP contribution in [0.4, 0.5) is 0 Å². The summed E-state index contributed by atoms with van der Waals surface area (Å²) in [6, 6.07) is 7.41. The summed E-state index contributed by atoms with van der Waals surface area (Å²) in [4.78, 5) is 16.7. The fraction of sp³-hybridized carbons (Fsp3) is 0.333. The van der Waals surface area contributed by atoms with E-state index in [1.54, 1.807) is 0 Å². The second-order valence-electron chi connectivity index (χ2n) is 6.08. The van der Waals surface area contributed by atoms with Crippen LogP contribution in [0.1, 0.15) is 47.0 Å². The van der Waals surface area contributed by atoms with Crippen LogP contribution >= 0.6 is 0 Å². The molecule has 4 rings (SSSR count). The molecule has 1 aliphatic rings. The minimum Gasteiger partial charge on any atom is -0.479 e. The summed E-state index contributed by atoms with van der Waals surface area (Å²) in [5, 5.41) is 10.6. The monoisotopic (exact) mass is 354 g/mol. The molecule has 1 aromatic carbocycles. The van der Waals surface area contributed by atoms with Crippen molar-refractivity contribution in [3.63, 3.8) is 0 Å². The van der Waals surface area contributed by atoms with Crippen LogP contribution in [0.3, 0.4) is 0 Å². The number of benzene rings is 1. The van der Waals surface area contributed by atoms with E-state index in [4.69, 9.17) is 13.8 Å². The number of fused-ring (bicyclic) bond motifs is 1. The van der Waals surface area contributed by atoms with Crippen LogP contribution in [0.15, 0.2) is 33.3 Å².